The summed E-state index contributed by atoms with van der Waals surface area (Å²) in [6.45, 7) is 11.6. The van der Waals surface area contributed by atoms with Crippen LogP contribution < -0.4 is 5.73 Å². The Labute approximate surface area is 190 Å². The van der Waals surface area contributed by atoms with Crippen LogP contribution in [-0.2, 0) is 6.54 Å². The number of halogens is 1. The number of nitrogens with two attached hydrogens (primary N) is 1. The standard InChI is InChI=1S/C24H23BrN6/c1-15-9-20(29-12-16(15)2)13-31(14-23-27-7-4-8-28-23)17(3)18-5-6-22-19(10-18)11-21(25)24(26)30-22/h4-12,15H,2-3,13-14H2,1H3,(H2,26,30). The van der Waals surface area contributed by atoms with Crippen LogP contribution in [0.1, 0.15) is 18.3 Å². The molecule has 3 aromatic rings. The number of nitrogen functional groups attached to an aromatic ring is 1. The van der Waals surface area contributed by atoms with Gasteiger partial charge in [-0.25, -0.2) is 15.0 Å². The Kier molecular flexibility index (Phi) is 5.95. The maximum absolute atomic E-state index is 5.92. The Morgan fingerprint density at radius 2 is 1.97 bits per heavy atom. The van der Waals surface area contributed by atoms with Crippen LogP contribution in [0, 0.1) is 5.92 Å². The van der Waals surface area contributed by atoms with Gasteiger partial charge in [-0.15, -0.1) is 0 Å². The number of hydrogen-bond acceptors (Lipinski definition) is 6. The van der Waals surface area contributed by atoms with Crippen LogP contribution in [0.3, 0.4) is 0 Å². The molecule has 1 atom stereocenters. The minimum atomic E-state index is 0.255. The maximum Gasteiger partial charge on any atom is 0.147 e. The number of hydrogen-bond donors (Lipinski definition) is 1. The lowest BCUT2D eigenvalue weighted by Gasteiger charge is -2.28. The fourth-order valence-corrected chi connectivity index (χ4v) is 3.70. The first-order valence-corrected chi connectivity index (χ1v) is 10.7. The third-order valence-electron chi connectivity index (χ3n) is 5.24. The molecule has 2 N–H and O–H groups in total. The lowest BCUT2D eigenvalue weighted by Crippen LogP contribution is -2.25. The van der Waals surface area contributed by atoms with Crippen LogP contribution in [0.25, 0.3) is 16.6 Å². The average molecular weight is 475 g/mol. The highest BCUT2D eigenvalue weighted by Crippen LogP contribution is 2.28. The van der Waals surface area contributed by atoms with Crippen molar-refractivity contribution in [1.29, 1.82) is 0 Å². The van der Waals surface area contributed by atoms with E-state index in [1.165, 1.54) is 0 Å². The van der Waals surface area contributed by atoms with E-state index < -0.39 is 0 Å². The van der Waals surface area contributed by atoms with Crippen molar-refractivity contribution in [3.05, 3.63) is 89.1 Å². The number of pyridine rings is 1. The number of fused-ring (bicyclic) bond motifs is 1. The Morgan fingerprint density at radius 3 is 2.71 bits per heavy atom. The van der Waals surface area contributed by atoms with Crippen LogP contribution in [0.5, 0.6) is 0 Å². The number of allylic oxidation sites excluding steroid dienone is 2. The zero-order valence-corrected chi connectivity index (χ0v) is 18.9. The molecule has 0 bridgehead atoms. The van der Waals surface area contributed by atoms with Gasteiger partial charge in [-0.05, 0) is 51.3 Å². The number of aliphatic imine (C=N–C) groups is 1. The molecule has 1 unspecified atom stereocenters. The smallest absolute Gasteiger partial charge is 0.147 e. The molecule has 0 aliphatic carbocycles. The predicted molar refractivity (Wildman–Crippen MR) is 130 cm³/mol. The Balaban J connectivity index is 1.67. The first kappa shape index (κ1) is 20.9. The van der Waals surface area contributed by atoms with E-state index >= 15 is 0 Å². The van der Waals surface area contributed by atoms with E-state index in [4.69, 9.17) is 5.73 Å². The molecule has 0 spiro atoms. The summed E-state index contributed by atoms with van der Waals surface area (Å²) in [6.07, 6.45) is 7.47. The van der Waals surface area contributed by atoms with E-state index in [0.717, 1.165) is 43.7 Å². The van der Waals surface area contributed by atoms with Crippen LogP contribution in [-0.4, -0.2) is 32.6 Å². The van der Waals surface area contributed by atoms with E-state index in [2.05, 4.69) is 73.0 Å². The topological polar surface area (TPSA) is 80.3 Å². The summed E-state index contributed by atoms with van der Waals surface area (Å²) in [4.78, 5) is 19.9. The molecule has 0 saturated heterocycles. The summed E-state index contributed by atoms with van der Waals surface area (Å²) in [5, 5.41) is 0.982. The molecule has 1 aliphatic heterocycles. The Morgan fingerprint density at radius 1 is 1.19 bits per heavy atom. The van der Waals surface area contributed by atoms with Gasteiger partial charge < -0.3 is 10.6 Å². The average Bonchev–Trinajstić information content (AvgIpc) is 2.76. The molecular formula is C24H23BrN6. The van der Waals surface area contributed by atoms with Crippen molar-refractivity contribution in [2.24, 2.45) is 10.9 Å². The van der Waals surface area contributed by atoms with Crippen molar-refractivity contribution in [2.75, 3.05) is 12.3 Å². The van der Waals surface area contributed by atoms with Gasteiger partial charge in [0, 0.05) is 35.6 Å². The quantitative estimate of drug-likeness (QED) is 0.543. The number of aromatic nitrogens is 3. The molecule has 4 rings (SSSR count). The van der Waals surface area contributed by atoms with Crippen LogP contribution in [0.2, 0.25) is 0 Å². The van der Waals surface area contributed by atoms with Crippen LogP contribution in [0.4, 0.5) is 5.82 Å². The first-order chi connectivity index (χ1) is 14.9. The Hall–Kier alpha value is -3.32. The van der Waals surface area contributed by atoms with Crippen molar-refractivity contribution in [2.45, 2.75) is 13.5 Å². The van der Waals surface area contributed by atoms with Gasteiger partial charge in [-0.3, -0.25) is 4.99 Å². The summed E-state index contributed by atoms with van der Waals surface area (Å²) in [6, 6.07) is 9.81. The van der Waals surface area contributed by atoms with E-state index in [1.807, 2.05) is 30.5 Å². The van der Waals surface area contributed by atoms with Crippen molar-refractivity contribution in [1.82, 2.24) is 19.9 Å². The minimum Gasteiger partial charge on any atom is -0.383 e. The second-order valence-electron chi connectivity index (χ2n) is 7.51. The highest BCUT2D eigenvalue weighted by Gasteiger charge is 2.17. The third-order valence-corrected chi connectivity index (χ3v) is 5.87. The predicted octanol–water partition coefficient (Wildman–Crippen LogP) is 5.00. The first-order valence-electron chi connectivity index (χ1n) is 9.90. The molecule has 2 aromatic heterocycles. The highest BCUT2D eigenvalue weighted by atomic mass is 79.9. The summed E-state index contributed by atoms with van der Waals surface area (Å²) in [7, 11) is 0. The second-order valence-corrected chi connectivity index (χ2v) is 8.36. The van der Waals surface area contributed by atoms with Crippen molar-refractivity contribution >= 4 is 44.6 Å². The van der Waals surface area contributed by atoms with Gasteiger partial charge >= 0.3 is 0 Å². The zero-order chi connectivity index (χ0) is 22.0. The fourth-order valence-electron chi connectivity index (χ4n) is 3.37. The van der Waals surface area contributed by atoms with Gasteiger partial charge in [0.15, 0.2) is 0 Å². The van der Waals surface area contributed by atoms with Gasteiger partial charge in [0.2, 0.25) is 0 Å². The molecule has 1 aliphatic rings. The zero-order valence-electron chi connectivity index (χ0n) is 17.3. The van der Waals surface area contributed by atoms with Crippen LogP contribution in [0.15, 0.2) is 82.7 Å². The molecule has 156 valence electrons. The highest BCUT2D eigenvalue weighted by molar-refractivity contribution is 9.10. The van der Waals surface area contributed by atoms with E-state index in [-0.39, 0.29) is 5.92 Å². The molecule has 0 radical (unpaired) electrons. The summed E-state index contributed by atoms with van der Waals surface area (Å²) < 4.78 is 0.771. The number of benzene rings is 1. The van der Waals surface area contributed by atoms with E-state index in [1.54, 1.807) is 12.4 Å². The van der Waals surface area contributed by atoms with Gasteiger partial charge in [-0.1, -0.05) is 32.2 Å². The van der Waals surface area contributed by atoms with Gasteiger partial charge in [-0.2, -0.15) is 0 Å². The van der Waals surface area contributed by atoms with Gasteiger partial charge in [0.25, 0.3) is 0 Å². The SMILES string of the molecule is C=C1C=NC(CN(Cc2ncccn2)C(=C)c2ccc3nc(N)c(Br)cc3c2)=CC1C. The molecule has 0 fully saturated rings. The lowest BCUT2D eigenvalue weighted by molar-refractivity contribution is 0.408. The van der Waals surface area contributed by atoms with Crippen molar-refractivity contribution in [3.8, 4) is 0 Å². The van der Waals surface area contributed by atoms with Crippen molar-refractivity contribution in [3.63, 3.8) is 0 Å². The van der Waals surface area contributed by atoms with E-state index in [0.29, 0.717) is 18.9 Å². The third kappa shape index (κ3) is 4.72. The van der Waals surface area contributed by atoms with Gasteiger partial charge in [0.05, 0.1) is 28.8 Å². The number of nitrogens with zero attached hydrogens (tertiary/aromatic N) is 5. The number of anilines is 1. The molecule has 3 heterocycles. The lowest BCUT2D eigenvalue weighted by atomic mass is 10.00. The maximum atomic E-state index is 5.92. The van der Waals surface area contributed by atoms with Gasteiger partial charge in [0.1, 0.15) is 11.6 Å². The monoisotopic (exact) mass is 474 g/mol. The summed E-state index contributed by atoms with van der Waals surface area (Å²) in [5.41, 5.74) is 10.6. The molecule has 7 heteroatoms. The molecule has 6 nitrogen and oxygen atoms in total. The Bertz CT molecular complexity index is 1220. The molecule has 31 heavy (non-hydrogen) atoms. The van der Waals surface area contributed by atoms with E-state index in [9.17, 15) is 0 Å². The number of rotatable bonds is 6. The molecule has 0 amide bonds. The van der Waals surface area contributed by atoms with Crippen molar-refractivity contribution < 1.29 is 0 Å². The minimum absolute atomic E-state index is 0.255. The summed E-state index contributed by atoms with van der Waals surface area (Å²) >= 11 is 3.46. The molecule has 0 saturated carbocycles. The van der Waals surface area contributed by atoms with Crippen LogP contribution >= 0.6 is 15.9 Å². The largest absolute Gasteiger partial charge is 0.383 e. The molecule has 1 aromatic carbocycles. The summed E-state index contributed by atoms with van der Waals surface area (Å²) in [5.74, 6) is 1.45. The molecular weight excluding hydrogens is 452 g/mol. The second kappa shape index (κ2) is 8.81. The fraction of sp³-hybridized carbons (Fsp3) is 0.167. The normalized spacial score (nSPS) is 15.7.